The molecule has 0 spiro atoms. The average Bonchev–Trinajstić information content (AvgIpc) is 2.18. The van der Waals surface area contributed by atoms with Gasteiger partial charge < -0.3 is 0 Å². The third kappa shape index (κ3) is 3.19. The van der Waals surface area contributed by atoms with Crippen molar-refractivity contribution in [3.63, 3.8) is 0 Å². The van der Waals surface area contributed by atoms with Crippen molar-refractivity contribution in [2.75, 3.05) is 0 Å². The maximum atomic E-state index is 11.7. The summed E-state index contributed by atoms with van der Waals surface area (Å²) in [6, 6.07) is 7.69. The van der Waals surface area contributed by atoms with E-state index in [0.29, 0.717) is 0 Å². The number of benzene rings is 1. The van der Waals surface area contributed by atoms with Gasteiger partial charge in [-0.15, -0.1) is 11.6 Å². The first-order chi connectivity index (χ1) is 6.94. The first-order valence-corrected chi connectivity index (χ1v) is 6.42. The summed E-state index contributed by atoms with van der Waals surface area (Å²) in [5, 5.41) is -0.769. The summed E-state index contributed by atoms with van der Waals surface area (Å²) < 4.78 is 22.1. The molecule has 1 aromatic carbocycles. The number of carbonyl (C=O) groups is 1. The molecule has 15 heavy (non-hydrogen) atoms. The molecule has 3 nitrogen and oxygen atoms in total. The maximum absolute atomic E-state index is 11.7. The minimum absolute atomic E-state index is 0.0860. The highest BCUT2D eigenvalue weighted by molar-refractivity contribution is 7.93. The zero-order chi connectivity index (χ0) is 11.5. The Bertz CT molecular complexity index is 442. The van der Waals surface area contributed by atoms with Gasteiger partial charge in [-0.25, -0.2) is 8.42 Å². The molecule has 1 atom stereocenters. The Morgan fingerprint density at radius 3 is 2.27 bits per heavy atom. The van der Waals surface area contributed by atoms with Crippen LogP contribution in [0.3, 0.4) is 0 Å². The number of carbonyl (C=O) groups excluding carboxylic acids is 1. The largest absolute Gasteiger partial charge is 0.281 e. The molecule has 0 aromatic heterocycles. The summed E-state index contributed by atoms with van der Waals surface area (Å²) in [6.07, 6.45) is -0.402. The number of rotatable bonds is 4. The van der Waals surface area contributed by atoms with Crippen LogP contribution in [0.4, 0.5) is 0 Å². The summed E-state index contributed by atoms with van der Waals surface area (Å²) in [7, 11) is -3.67. The molecule has 1 rings (SSSR count). The molecular formula is C9H8Cl2O3S. The zero-order valence-corrected chi connectivity index (χ0v) is 9.89. The molecule has 0 aliphatic rings. The van der Waals surface area contributed by atoms with Gasteiger partial charge in [-0.2, -0.15) is 0 Å². The van der Waals surface area contributed by atoms with Gasteiger partial charge in [0.15, 0.2) is 9.84 Å². The summed E-state index contributed by atoms with van der Waals surface area (Å²) in [5.74, 6) is 0. The molecule has 0 saturated heterocycles. The van der Waals surface area contributed by atoms with Gasteiger partial charge in [0.25, 0.3) is 0 Å². The lowest BCUT2D eigenvalue weighted by Crippen LogP contribution is -2.17. The van der Waals surface area contributed by atoms with E-state index in [9.17, 15) is 13.2 Å². The molecule has 0 heterocycles. The van der Waals surface area contributed by atoms with E-state index in [1.807, 2.05) is 0 Å². The molecule has 0 aliphatic carbocycles. The third-order valence-electron chi connectivity index (χ3n) is 1.73. The summed E-state index contributed by atoms with van der Waals surface area (Å²) in [6.45, 7) is 0. The monoisotopic (exact) mass is 266 g/mol. The van der Waals surface area contributed by atoms with Gasteiger partial charge in [0.2, 0.25) is 5.24 Å². The number of hydrogen-bond acceptors (Lipinski definition) is 3. The average molecular weight is 267 g/mol. The molecule has 1 aromatic rings. The second-order valence-electron chi connectivity index (χ2n) is 2.83. The van der Waals surface area contributed by atoms with Crippen molar-refractivity contribution in [3.05, 3.63) is 30.3 Å². The van der Waals surface area contributed by atoms with Gasteiger partial charge in [0.05, 0.1) is 11.3 Å². The fourth-order valence-corrected chi connectivity index (χ4v) is 2.97. The Labute approximate surface area is 97.9 Å². The number of sulfone groups is 1. The number of hydrogen-bond donors (Lipinski definition) is 0. The molecule has 6 heteroatoms. The lowest BCUT2D eigenvalue weighted by Gasteiger charge is -2.08. The Morgan fingerprint density at radius 2 is 1.80 bits per heavy atom. The van der Waals surface area contributed by atoms with Crippen LogP contribution in [0.15, 0.2) is 35.2 Å². The van der Waals surface area contributed by atoms with E-state index in [0.717, 1.165) is 0 Å². The van der Waals surface area contributed by atoms with Crippen molar-refractivity contribution in [1.29, 1.82) is 0 Å². The second kappa shape index (κ2) is 4.96. The first kappa shape index (κ1) is 12.5. The topological polar surface area (TPSA) is 51.2 Å². The van der Waals surface area contributed by atoms with Gasteiger partial charge in [-0.1, -0.05) is 18.2 Å². The van der Waals surface area contributed by atoms with Crippen LogP contribution in [0.2, 0.25) is 0 Å². The fraction of sp³-hybridized carbons (Fsp3) is 0.222. The van der Waals surface area contributed by atoms with Crippen LogP contribution in [0.5, 0.6) is 0 Å². The Morgan fingerprint density at radius 1 is 1.27 bits per heavy atom. The van der Waals surface area contributed by atoms with Crippen LogP contribution in [0.1, 0.15) is 6.42 Å². The first-order valence-electron chi connectivity index (χ1n) is 4.06. The Hall–Kier alpha value is -0.580. The quantitative estimate of drug-likeness (QED) is 0.620. The normalized spacial score (nSPS) is 13.5. The molecule has 0 radical (unpaired) electrons. The van der Waals surface area contributed by atoms with Crippen molar-refractivity contribution < 1.29 is 13.2 Å². The van der Waals surface area contributed by atoms with Crippen LogP contribution >= 0.6 is 23.2 Å². The Balaban J connectivity index is 2.99. The van der Waals surface area contributed by atoms with Crippen molar-refractivity contribution in [2.24, 2.45) is 0 Å². The van der Waals surface area contributed by atoms with E-state index < -0.39 is 26.2 Å². The van der Waals surface area contributed by atoms with Gasteiger partial charge in [-0.05, 0) is 23.7 Å². The summed E-state index contributed by atoms with van der Waals surface area (Å²) >= 11 is 10.7. The van der Waals surface area contributed by atoms with Crippen molar-refractivity contribution in [3.8, 4) is 0 Å². The van der Waals surface area contributed by atoms with Crippen molar-refractivity contribution >= 4 is 38.3 Å². The predicted molar refractivity (Wildman–Crippen MR) is 58.7 cm³/mol. The zero-order valence-electron chi connectivity index (χ0n) is 7.56. The second-order valence-corrected chi connectivity index (χ2v) is 6.16. The predicted octanol–water partition coefficient (Wildman–Crippen LogP) is 2.18. The van der Waals surface area contributed by atoms with E-state index in [1.165, 1.54) is 12.1 Å². The van der Waals surface area contributed by atoms with Crippen LogP contribution < -0.4 is 0 Å². The van der Waals surface area contributed by atoms with Crippen molar-refractivity contribution in [1.82, 2.24) is 0 Å². The smallest absolute Gasteiger partial charge is 0.224 e. The molecule has 0 fully saturated rings. The standard InChI is InChI=1S/C9H8Cl2O3S/c10-8(12)6-9(11)15(13,14)7-4-2-1-3-5-7/h1-5,9H,6H2. The Kier molecular flexibility index (Phi) is 4.13. The minimum atomic E-state index is -3.67. The molecule has 1 unspecified atom stereocenters. The van der Waals surface area contributed by atoms with Crippen LogP contribution in [-0.2, 0) is 14.6 Å². The lowest BCUT2D eigenvalue weighted by molar-refractivity contribution is -0.111. The molecule has 0 bridgehead atoms. The van der Waals surface area contributed by atoms with E-state index in [1.54, 1.807) is 18.2 Å². The maximum Gasteiger partial charge on any atom is 0.224 e. The van der Waals surface area contributed by atoms with Crippen molar-refractivity contribution in [2.45, 2.75) is 16.0 Å². The highest BCUT2D eigenvalue weighted by Crippen LogP contribution is 2.21. The molecule has 0 N–H and O–H groups in total. The molecule has 82 valence electrons. The SMILES string of the molecule is O=C(Cl)CC(Cl)S(=O)(=O)c1ccccc1. The third-order valence-corrected chi connectivity index (χ3v) is 4.51. The summed E-state index contributed by atoms with van der Waals surface area (Å²) in [5.41, 5.74) is 0. The number of halogens is 2. The van der Waals surface area contributed by atoms with Gasteiger partial charge in [0.1, 0.15) is 4.71 Å². The highest BCUT2D eigenvalue weighted by Gasteiger charge is 2.26. The van der Waals surface area contributed by atoms with E-state index >= 15 is 0 Å². The van der Waals surface area contributed by atoms with Gasteiger partial charge >= 0.3 is 0 Å². The highest BCUT2D eigenvalue weighted by atomic mass is 35.5. The van der Waals surface area contributed by atoms with Gasteiger partial charge in [0, 0.05) is 0 Å². The lowest BCUT2D eigenvalue weighted by atomic mass is 10.4. The molecule has 0 aliphatic heterocycles. The van der Waals surface area contributed by atoms with E-state index in [-0.39, 0.29) is 4.90 Å². The van der Waals surface area contributed by atoms with E-state index in [2.05, 4.69) is 0 Å². The van der Waals surface area contributed by atoms with Crippen LogP contribution in [0.25, 0.3) is 0 Å². The molecule has 0 amide bonds. The van der Waals surface area contributed by atoms with E-state index in [4.69, 9.17) is 23.2 Å². The van der Waals surface area contributed by atoms with Crippen LogP contribution in [0, 0.1) is 0 Å². The molecular weight excluding hydrogens is 259 g/mol. The number of alkyl halides is 1. The van der Waals surface area contributed by atoms with Crippen LogP contribution in [-0.4, -0.2) is 18.4 Å². The van der Waals surface area contributed by atoms with Gasteiger partial charge in [-0.3, -0.25) is 4.79 Å². The summed E-state index contributed by atoms with van der Waals surface area (Å²) in [4.78, 5) is 10.6. The minimum Gasteiger partial charge on any atom is -0.281 e. The molecule has 0 saturated carbocycles. The fourth-order valence-electron chi connectivity index (χ4n) is 0.994.